The molecule has 150 valence electrons. The summed E-state index contributed by atoms with van der Waals surface area (Å²) < 4.78 is 0. The smallest absolute Gasteiger partial charge is 0.255 e. The second-order valence-corrected chi connectivity index (χ2v) is 7.46. The number of carbonyl (C=O) groups excluding carboxylic acids is 1. The molecule has 0 spiro atoms. The van der Waals surface area contributed by atoms with E-state index in [1.54, 1.807) is 18.3 Å². The Balaban J connectivity index is 1.70. The van der Waals surface area contributed by atoms with Crippen molar-refractivity contribution in [1.82, 2.24) is 9.88 Å². The summed E-state index contributed by atoms with van der Waals surface area (Å²) in [6, 6.07) is 19.5. The first-order valence-electron chi connectivity index (χ1n) is 9.85. The number of amides is 1. The van der Waals surface area contributed by atoms with E-state index in [0.29, 0.717) is 17.1 Å². The molecule has 0 bridgehead atoms. The summed E-state index contributed by atoms with van der Waals surface area (Å²) in [6.45, 7) is 3.04. The van der Waals surface area contributed by atoms with Crippen LogP contribution in [0.2, 0.25) is 0 Å². The molecule has 0 fully saturated rings. The van der Waals surface area contributed by atoms with Crippen molar-refractivity contribution in [3.63, 3.8) is 0 Å². The summed E-state index contributed by atoms with van der Waals surface area (Å²) in [6.07, 6.45) is 3.98. The lowest BCUT2D eigenvalue weighted by atomic mass is 10.1. The molecular formula is C24H28N4O. The molecule has 0 aliphatic heterocycles. The van der Waals surface area contributed by atoms with Crippen LogP contribution in [-0.4, -0.2) is 36.4 Å². The fraction of sp³-hybridized carbons (Fsp3) is 0.250. The Morgan fingerprint density at radius 3 is 2.45 bits per heavy atom. The Morgan fingerprint density at radius 2 is 1.76 bits per heavy atom. The molecule has 5 nitrogen and oxygen atoms in total. The molecular weight excluding hydrogens is 360 g/mol. The van der Waals surface area contributed by atoms with Gasteiger partial charge in [0, 0.05) is 17.4 Å². The summed E-state index contributed by atoms with van der Waals surface area (Å²) in [5.74, 6) is 0.470. The van der Waals surface area contributed by atoms with Crippen LogP contribution in [-0.2, 0) is 6.42 Å². The van der Waals surface area contributed by atoms with Gasteiger partial charge in [0.1, 0.15) is 0 Å². The SMILES string of the molecule is Cc1cnc(Nc2ccc(CCCN(C)C)cc2)c(NC(=O)c2ccccc2)c1. The van der Waals surface area contributed by atoms with Gasteiger partial charge < -0.3 is 15.5 Å². The molecule has 5 heteroatoms. The third-order valence-electron chi connectivity index (χ3n) is 4.60. The lowest BCUT2D eigenvalue weighted by molar-refractivity contribution is 0.102. The van der Waals surface area contributed by atoms with Gasteiger partial charge in [-0.1, -0.05) is 30.3 Å². The van der Waals surface area contributed by atoms with Gasteiger partial charge in [0.15, 0.2) is 5.82 Å². The van der Waals surface area contributed by atoms with Crippen LogP contribution in [0.4, 0.5) is 17.2 Å². The third kappa shape index (κ3) is 6.16. The van der Waals surface area contributed by atoms with Crippen LogP contribution in [0.5, 0.6) is 0 Å². The highest BCUT2D eigenvalue weighted by atomic mass is 16.1. The monoisotopic (exact) mass is 388 g/mol. The average molecular weight is 389 g/mol. The van der Waals surface area contributed by atoms with Crippen molar-refractivity contribution in [3.05, 3.63) is 83.6 Å². The molecule has 0 radical (unpaired) electrons. The summed E-state index contributed by atoms with van der Waals surface area (Å²) in [5.41, 5.74) is 4.51. The minimum atomic E-state index is -0.155. The summed E-state index contributed by atoms with van der Waals surface area (Å²) in [7, 11) is 4.19. The molecule has 0 atom stereocenters. The van der Waals surface area contributed by atoms with Gasteiger partial charge in [-0.05, 0) is 81.9 Å². The molecule has 0 aliphatic carbocycles. The van der Waals surface area contributed by atoms with Gasteiger partial charge in [0.2, 0.25) is 0 Å². The molecule has 0 saturated carbocycles. The number of hydrogen-bond donors (Lipinski definition) is 2. The molecule has 1 amide bonds. The zero-order chi connectivity index (χ0) is 20.6. The second kappa shape index (κ2) is 9.85. The van der Waals surface area contributed by atoms with Gasteiger partial charge in [-0.15, -0.1) is 0 Å². The highest BCUT2D eigenvalue weighted by Crippen LogP contribution is 2.25. The number of rotatable bonds is 8. The van der Waals surface area contributed by atoms with Crippen LogP contribution < -0.4 is 10.6 Å². The molecule has 3 aromatic rings. The van der Waals surface area contributed by atoms with Crippen molar-refractivity contribution < 1.29 is 4.79 Å². The number of nitrogens with one attached hydrogen (secondary N) is 2. The maximum absolute atomic E-state index is 12.6. The summed E-state index contributed by atoms with van der Waals surface area (Å²) in [4.78, 5) is 19.2. The van der Waals surface area contributed by atoms with Crippen LogP contribution >= 0.6 is 0 Å². The predicted molar refractivity (Wildman–Crippen MR) is 120 cm³/mol. The molecule has 0 aliphatic rings. The van der Waals surface area contributed by atoms with Crippen molar-refractivity contribution in [2.24, 2.45) is 0 Å². The molecule has 2 aromatic carbocycles. The number of benzene rings is 2. The Bertz CT molecular complexity index is 937. The van der Waals surface area contributed by atoms with Crippen molar-refractivity contribution in [1.29, 1.82) is 0 Å². The molecule has 1 aromatic heterocycles. The number of anilines is 3. The van der Waals surface area contributed by atoms with Crippen molar-refractivity contribution >= 4 is 23.1 Å². The molecule has 2 N–H and O–H groups in total. The highest BCUT2D eigenvalue weighted by molar-refractivity contribution is 6.05. The number of nitrogens with zero attached hydrogens (tertiary/aromatic N) is 2. The average Bonchev–Trinajstić information content (AvgIpc) is 2.71. The van der Waals surface area contributed by atoms with Crippen LogP contribution in [0.25, 0.3) is 0 Å². The number of aromatic nitrogens is 1. The standard InChI is InChI=1S/C24H28N4O/c1-18-16-22(27-24(29)20-9-5-4-6-10-20)23(25-17-18)26-21-13-11-19(12-14-21)8-7-15-28(2)3/h4-6,9-14,16-17H,7-8,15H2,1-3H3,(H,25,26)(H,27,29). The predicted octanol–water partition coefficient (Wildman–Crippen LogP) is 4.88. The summed E-state index contributed by atoms with van der Waals surface area (Å²) in [5, 5.41) is 6.29. The first-order valence-corrected chi connectivity index (χ1v) is 9.85. The lowest BCUT2D eigenvalue weighted by Gasteiger charge is -2.14. The minimum absolute atomic E-state index is 0.155. The Labute approximate surface area is 172 Å². The van der Waals surface area contributed by atoms with E-state index in [4.69, 9.17) is 0 Å². The minimum Gasteiger partial charge on any atom is -0.338 e. The maximum Gasteiger partial charge on any atom is 0.255 e. The van der Waals surface area contributed by atoms with E-state index in [2.05, 4.69) is 58.9 Å². The highest BCUT2D eigenvalue weighted by Gasteiger charge is 2.11. The molecule has 0 unspecified atom stereocenters. The van der Waals surface area contributed by atoms with Crippen molar-refractivity contribution in [3.8, 4) is 0 Å². The van der Waals surface area contributed by atoms with Gasteiger partial charge in [-0.2, -0.15) is 0 Å². The summed E-state index contributed by atoms with van der Waals surface area (Å²) >= 11 is 0. The van der Waals surface area contributed by atoms with E-state index < -0.39 is 0 Å². The first kappa shape index (κ1) is 20.6. The normalized spacial score (nSPS) is 10.8. The van der Waals surface area contributed by atoms with Gasteiger partial charge in [-0.25, -0.2) is 4.98 Å². The number of hydrogen-bond acceptors (Lipinski definition) is 4. The Hall–Kier alpha value is -3.18. The van der Waals surface area contributed by atoms with Crippen molar-refractivity contribution in [2.75, 3.05) is 31.3 Å². The molecule has 3 rings (SSSR count). The first-order chi connectivity index (χ1) is 14.0. The molecule has 29 heavy (non-hydrogen) atoms. The fourth-order valence-corrected chi connectivity index (χ4v) is 3.04. The van der Waals surface area contributed by atoms with E-state index in [0.717, 1.165) is 30.6 Å². The Kier molecular flexibility index (Phi) is 6.98. The third-order valence-corrected chi connectivity index (χ3v) is 4.60. The van der Waals surface area contributed by atoms with Crippen LogP contribution in [0.15, 0.2) is 66.9 Å². The number of aryl methyl sites for hydroxylation is 2. The second-order valence-electron chi connectivity index (χ2n) is 7.46. The van der Waals surface area contributed by atoms with Gasteiger partial charge in [0.25, 0.3) is 5.91 Å². The molecule has 0 saturated heterocycles. The van der Waals surface area contributed by atoms with Crippen LogP contribution in [0, 0.1) is 6.92 Å². The van der Waals surface area contributed by atoms with E-state index >= 15 is 0 Å². The molecule has 1 heterocycles. The fourth-order valence-electron chi connectivity index (χ4n) is 3.04. The largest absolute Gasteiger partial charge is 0.338 e. The van der Waals surface area contributed by atoms with E-state index in [9.17, 15) is 4.79 Å². The quantitative estimate of drug-likeness (QED) is 0.577. The van der Waals surface area contributed by atoms with Gasteiger partial charge >= 0.3 is 0 Å². The van der Waals surface area contributed by atoms with Crippen molar-refractivity contribution in [2.45, 2.75) is 19.8 Å². The van der Waals surface area contributed by atoms with E-state index in [1.165, 1.54) is 5.56 Å². The maximum atomic E-state index is 12.6. The zero-order valence-corrected chi connectivity index (χ0v) is 17.3. The van der Waals surface area contributed by atoms with Gasteiger partial charge in [-0.3, -0.25) is 4.79 Å². The Morgan fingerprint density at radius 1 is 1.03 bits per heavy atom. The zero-order valence-electron chi connectivity index (χ0n) is 17.3. The van der Waals surface area contributed by atoms with E-state index in [1.807, 2.05) is 31.2 Å². The number of pyridine rings is 1. The topological polar surface area (TPSA) is 57.3 Å². The van der Waals surface area contributed by atoms with Gasteiger partial charge in [0.05, 0.1) is 5.69 Å². The van der Waals surface area contributed by atoms with Crippen LogP contribution in [0.3, 0.4) is 0 Å². The lowest BCUT2D eigenvalue weighted by Crippen LogP contribution is -2.14. The number of carbonyl (C=O) groups is 1. The van der Waals surface area contributed by atoms with Crippen LogP contribution in [0.1, 0.15) is 27.9 Å². The van der Waals surface area contributed by atoms with E-state index in [-0.39, 0.29) is 5.91 Å².